The van der Waals surface area contributed by atoms with Crippen LogP contribution in [0.2, 0.25) is 5.02 Å². The van der Waals surface area contributed by atoms with E-state index in [-0.39, 0.29) is 12.3 Å². The van der Waals surface area contributed by atoms with Crippen LogP contribution in [0, 0.1) is 0 Å². The summed E-state index contributed by atoms with van der Waals surface area (Å²) in [4.78, 5) is 0. The fourth-order valence-corrected chi connectivity index (χ4v) is 4.71. The van der Waals surface area contributed by atoms with E-state index in [1.165, 1.54) is 0 Å². The van der Waals surface area contributed by atoms with E-state index in [1.807, 2.05) is 59.6 Å². The zero-order valence-corrected chi connectivity index (χ0v) is 19.4. The first-order valence-electron chi connectivity index (χ1n) is 9.87. The highest BCUT2D eigenvalue weighted by Gasteiger charge is 2.41. The van der Waals surface area contributed by atoms with Gasteiger partial charge in [0.05, 0.1) is 26.0 Å². The number of nitrogens with zero attached hydrogens (tertiary/aromatic N) is 2. The molecule has 0 spiro atoms. The minimum atomic E-state index is -0.366. The van der Waals surface area contributed by atoms with Crippen LogP contribution in [0.5, 0.6) is 17.2 Å². The summed E-state index contributed by atoms with van der Waals surface area (Å²) in [5.74, 6) is 2.23. The SMILES string of the molecule is COc1ccc(C2=NN3C(C2)c2cc(Br)ccc2OC3c2cccc(Cl)c2)cc1OC. The summed E-state index contributed by atoms with van der Waals surface area (Å²) in [5, 5.41) is 7.70. The molecule has 0 aromatic heterocycles. The van der Waals surface area contributed by atoms with Crippen molar-refractivity contribution in [2.24, 2.45) is 5.10 Å². The molecule has 5 rings (SSSR count). The Bertz CT molecular complexity index is 1180. The maximum absolute atomic E-state index is 6.40. The highest BCUT2D eigenvalue weighted by molar-refractivity contribution is 9.10. The van der Waals surface area contributed by atoms with E-state index in [1.54, 1.807) is 14.2 Å². The van der Waals surface area contributed by atoms with Gasteiger partial charge in [-0.2, -0.15) is 5.10 Å². The third-order valence-corrected chi connectivity index (χ3v) is 6.33. The molecule has 2 aliphatic rings. The molecule has 2 atom stereocenters. The highest BCUT2D eigenvalue weighted by atomic mass is 79.9. The zero-order valence-electron chi connectivity index (χ0n) is 17.0. The van der Waals surface area contributed by atoms with Crippen molar-refractivity contribution in [1.29, 1.82) is 0 Å². The Hall–Kier alpha value is -2.70. The molecule has 2 unspecified atom stereocenters. The fraction of sp³-hybridized carbons (Fsp3) is 0.208. The second-order valence-electron chi connectivity index (χ2n) is 7.42. The van der Waals surface area contributed by atoms with Crippen LogP contribution >= 0.6 is 27.5 Å². The summed E-state index contributed by atoms with van der Waals surface area (Å²) in [5.41, 5.74) is 4.03. The first-order valence-corrected chi connectivity index (χ1v) is 11.0. The molecule has 5 nitrogen and oxygen atoms in total. The Morgan fingerprint density at radius 1 is 1.03 bits per heavy atom. The van der Waals surface area contributed by atoms with Crippen LogP contribution in [0.1, 0.15) is 35.4 Å². The summed E-state index contributed by atoms with van der Waals surface area (Å²) in [6.45, 7) is 0. The first kappa shape index (κ1) is 20.2. The maximum atomic E-state index is 6.40. The number of benzene rings is 3. The average molecular weight is 500 g/mol. The average Bonchev–Trinajstić information content (AvgIpc) is 3.24. The molecule has 0 bridgehead atoms. The third-order valence-electron chi connectivity index (χ3n) is 5.60. The Balaban J connectivity index is 1.59. The van der Waals surface area contributed by atoms with E-state index in [0.29, 0.717) is 16.5 Å². The number of methoxy groups -OCH3 is 2. The van der Waals surface area contributed by atoms with Crippen molar-refractivity contribution in [3.8, 4) is 17.2 Å². The monoisotopic (exact) mass is 498 g/mol. The van der Waals surface area contributed by atoms with E-state index in [2.05, 4.69) is 22.0 Å². The van der Waals surface area contributed by atoms with Crippen molar-refractivity contribution in [1.82, 2.24) is 5.01 Å². The molecule has 31 heavy (non-hydrogen) atoms. The molecule has 2 aliphatic heterocycles. The summed E-state index contributed by atoms with van der Waals surface area (Å²) in [6.07, 6.45) is 0.384. The molecule has 0 aliphatic carbocycles. The van der Waals surface area contributed by atoms with Crippen LogP contribution in [-0.2, 0) is 0 Å². The molecule has 158 valence electrons. The van der Waals surface area contributed by atoms with Crippen LogP contribution in [0.15, 0.2) is 70.2 Å². The molecule has 0 radical (unpaired) electrons. The van der Waals surface area contributed by atoms with Crippen LogP contribution in [0.4, 0.5) is 0 Å². The molecule has 0 fully saturated rings. The number of rotatable bonds is 4. The van der Waals surface area contributed by atoms with E-state index < -0.39 is 0 Å². The van der Waals surface area contributed by atoms with Crippen molar-refractivity contribution in [3.05, 3.63) is 86.8 Å². The highest BCUT2D eigenvalue weighted by Crippen LogP contribution is 2.48. The molecule has 0 amide bonds. The molecule has 3 aromatic rings. The minimum Gasteiger partial charge on any atom is -0.493 e. The van der Waals surface area contributed by atoms with Crippen LogP contribution in [-0.4, -0.2) is 24.9 Å². The number of hydrogen-bond donors (Lipinski definition) is 0. The second-order valence-corrected chi connectivity index (χ2v) is 8.78. The molecule has 0 N–H and O–H groups in total. The van der Waals surface area contributed by atoms with Gasteiger partial charge < -0.3 is 14.2 Å². The van der Waals surface area contributed by atoms with Gasteiger partial charge in [0.25, 0.3) is 0 Å². The van der Waals surface area contributed by atoms with Gasteiger partial charge in [0.1, 0.15) is 5.75 Å². The van der Waals surface area contributed by atoms with Crippen molar-refractivity contribution in [2.45, 2.75) is 18.7 Å². The Morgan fingerprint density at radius 2 is 1.87 bits per heavy atom. The standard InChI is InChI=1S/C24H20BrClN2O3/c1-29-22-8-6-14(11-23(22)30-2)19-13-20-18-12-16(25)7-9-21(18)31-24(28(20)27-19)15-4-3-5-17(26)10-15/h3-12,20,24H,13H2,1-2H3. The smallest absolute Gasteiger partial charge is 0.213 e. The Kier molecular flexibility index (Phi) is 5.28. The maximum Gasteiger partial charge on any atom is 0.213 e. The van der Waals surface area contributed by atoms with Crippen molar-refractivity contribution >= 4 is 33.2 Å². The summed E-state index contributed by atoms with van der Waals surface area (Å²) in [6, 6.07) is 19.8. The van der Waals surface area contributed by atoms with Gasteiger partial charge in [-0.1, -0.05) is 39.7 Å². The number of halogens is 2. The van der Waals surface area contributed by atoms with Gasteiger partial charge in [-0.25, -0.2) is 5.01 Å². The largest absolute Gasteiger partial charge is 0.493 e. The predicted molar refractivity (Wildman–Crippen MR) is 124 cm³/mol. The van der Waals surface area contributed by atoms with E-state index in [9.17, 15) is 0 Å². The van der Waals surface area contributed by atoms with Gasteiger partial charge >= 0.3 is 0 Å². The quantitative estimate of drug-likeness (QED) is 0.419. The fourth-order valence-electron chi connectivity index (χ4n) is 4.13. The van der Waals surface area contributed by atoms with Gasteiger partial charge in [-0.3, -0.25) is 0 Å². The van der Waals surface area contributed by atoms with Gasteiger partial charge in [0.2, 0.25) is 6.23 Å². The minimum absolute atomic E-state index is 0.0494. The first-order chi connectivity index (χ1) is 15.1. The van der Waals surface area contributed by atoms with Gasteiger partial charge in [0.15, 0.2) is 11.5 Å². The lowest BCUT2D eigenvalue weighted by Crippen LogP contribution is -2.33. The molecular weight excluding hydrogens is 480 g/mol. The number of fused-ring (bicyclic) bond motifs is 3. The lowest BCUT2D eigenvalue weighted by atomic mass is 9.96. The van der Waals surface area contributed by atoms with Crippen molar-refractivity contribution < 1.29 is 14.2 Å². The van der Waals surface area contributed by atoms with Crippen LogP contribution in [0.25, 0.3) is 0 Å². The second kappa shape index (κ2) is 8.09. The topological polar surface area (TPSA) is 43.3 Å². The Morgan fingerprint density at radius 3 is 2.65 bits per heavy atom. The van der Waals surface area contributed by atoms with Gasteiger partial charge in [-0.05, 0) is 48.5 Å². The Labute approximate surface area is 194 Å². The summed E-state index contributed by atoms with van der Waals surface area (Å²) < 4.78 is 18.3. The summed E-state index contributed by atoms with van der Waals surface area (Å²) in [7, 11) is 3.27. The normalized spacial score (nSPS) is 19.2. The summed E-state index contributed by atoms with van der Waals surface area (Å²) >= 11 is 9.87. The molecule has 2 heterocycles. The molecule has 3 aromatic carbocycles. The predicted octanol–water partition coefficient (Wildman–Crippen LogP) is 6.36. The zero-order chi connectivity index (χ0) is 21.5. The van der Waals surface area contributed by atoms with Gasteiger partial charge in [0, 0.05) is 32.6 Å². The van der Waals surface area contributed by atoms with E-state index >= 15 is 0 Å². The lowest BCUT2D eigenvalue weighted by molar-refractivity contribution is -0.0190. The molecule has 0 saturated heterocycles. The lowest BCUT2D eigenvalue weighted by Gasteiger charge is -2.38. The van der Waals surface area contributed by atoms with Gasteiger partial charge in [-0.15, -0.1) is 0 Å². The van der Waals surface area contributed by atoms with E-state index in [4.69, 9.17) is 30.9 Å². The van der Waals surface area contributed by atoms with Crippen LogP contribution in [0.3, 0.4) is 0 Å². The molecule has 7 heteroatoms. The number of ether oxygens (including phenoxy) is 3. The third kappa shape index (κ3) is 3.64. The number of hydrogen-bond acceptors (Lipinski definition) is 5. The van der Waals surface area contributed by atoms with Crippen LogP contribution < -0.4 is 14.2 Å². The molecular formula is C24H20BrClN2O3. The van der Waals surface area contributed by atoms with Crippen molar-refractivity contribution in [3.63, 3.8) is 0 Å². The number of hydrazone groups is 1. The van der Waals surface area contributed by atoms with Crippen molar-refractivity contribution in [2.75, 3.05) is 14.2 Å². The molecule has 0 saturated carbocycles. The van der Waals surface area contributed by atoms with E-state index in [0.717, 1.165) is 39.0 Å².